The zero-order valence-electron chi connectivity index (χ0n) is 12.6. The Hall–Kier alpha value is -2.27. The summed E-state index contributed by atoms with van der Waals surface area (Å²) in [5.74, 6) is -22.4. The van der Waals surface area contributed by atoms with Gasteiger partial charge in [-0.05, 0) is 0 Å². The first kappa shape index (κ1) is 20.0. The average molecular weight is 394 g/mol. The summed E-state index contributed by atoms with van der Waals surface area (Å²) in [5, 5.41) is 3.21. The Morgan fingerprint density at radius 3 is 1.77 bits per heavy atom. The van der Waals surface area contributed by atoms with E-state index in [1.54, 1.807) is 0 Å². The van der Waals surface area contributed by atoms with Gasteiger partial charge in [0.05, 0.1) is 0 Å². The van der Waals surface area contributed by atoms with Gasteiger partial charge in [-0.1, -0.05) is 30.3 Å². The SMILES string of the molecule is Cn1nc(-c2ccccc2)c(F)c1C(F)(F)C(F)(F)C(F)(F)C(F)(F)F. The van der Waals surface area contributed by atoms with E-state index in [1.807, 2.05) is 0 Å². The smallest absolute Gasteiger partial charge is 0.263 e. The molecule has 0 saturated carbocycles. The maximum atomic E-state index is 14.3. The van der Waals surface area contributed by atoms with Crippen molar-refractivity contribution < 1.29 is 43.9 Å². The molecule has 26 heavy (non-hydrogen) atoms. The topological polar surface area (TPSA) is 17.8 Å². The fraction of sp³-hybridized carbons (Fsp3) is 0.357. The molecule has 0 amide bonds. The highest BCUT2D eigenvalue weighted by Gasteiger charge is 2.83. The average Bonchev–Trinajstić information content (AvgIpc) is 2.82. The van der Waals surface area contributed by atoms with E-state index in [9.17, 15) is 43.9 Å². The minimum atomic E-state index is -7.12. The van der Waals surface area contributed by atoms with Gasteiger partial charge >= 0.3 is 23.9 Å². The molecule has 0 bridgehead atoms. The molecule has 144 valence electrons. The lowest BCUT2D eigenvalue weighted by Crippen LogP contribution is -2.60. The van der Waals surface area contributed by atoms with Crippen LogP contribution in [0, 0.1) is 5.82 Å². The number of alkyl halides is 9. The van der Waals surface area contributed by atoms with Crippen molar-refractivity contribution >= 4 is 0 Å². The third-order valence-corrected chi connectivity index (χ3v) is 3.48. The summed E-state index contributed by atoms with van der Waals surface area (Å²) in [6.45, 7) is 0. The summed E-state index contributed by atoms with van der Waals surface area (Å²) >= 11 is 0. The lowest BCUT2D eigenvalue weighted by Gasteiger charge is -2.33. The highest BCUT2D eigenvalue weighted by molar-refractivity contribution is 5.60. The van der Waals surface area contributed by atoms with Gasteiger partial charge in [-0.25, -0.2) is 4.39 Å². The molecule has 1 aromatic heterocycles. The Morgan fingerprint density at radius 2 is 1.31 bits per heavy atom. The van der Waals surface area contributed by atoms with Crippen LogP contribution in [0.3, 0.4) is 0 Å². The Balaban J connectivity index is 2.66. The molecule has 2 nitrogen and oxygen atoms in total. The largest absolute Gasteiger partial charge is 0.460 e. The van der Waals surface area contributed by atoms with Crippen molar-refractivity contribution in [3.8, 4) is 11.3 Å². The van der Waals surface area contributed by atoms with Crippen molar-refractivity contribution in [1.29, 1.82) is 0 Å². The first-order chi connectivity index (χ1) is 11.7. The fourth-order valence-electron chi connectivity index (χ4n) is 2.14. The van der Waals surface area contributed by atoms with Crippen LogP contribution in [0.5, 0.6) is 0 Å². The molecule has 0 aliphatic heterocycles. The zero-order valence-corrected chi connectivity index (χ0v) is 12.6. The van der Waals surface area contributed by atoms with Crippen molar-refractivity contribution in [2.75, 3.05) is 0 Å². The van der Waals surface area contributed by atoms with Gasteiger partial charge in [-0.3, -0.25) is 4.68 Å². The van der Waals surface area contributed by atoms with Crippen LogP contribution in [0.25, 0.3) is 11.3 Å². The highest BCUT2D eigenvalue weighted by atomic mass is 19.4. The number of halogens is 10. The van der Waals surface area contributed by atoms with Crippen LogP contribution < -0.4 is 0 Å². The second-order valence-corrected chi connectivity index (χ2v) is 5.22. The van der Waals surface area contributed by atoms with Crippen LogP contribution in [0.1, 0.15) is 5.69 Å². The number of aromatic nitrogens is 2. The molecule has 0 unspecified atom stereocenters. The molecule has 0 saturated heterocycles. The van der Waals surface area contributed by atoms with Gasteiger partial charge in [0, 0.05) is 12.6 Å². The summed E-state index contributed by atoms with van der Waals surface area (Å²) in [5.41, 5.74) is -3.48. The molecule has 0 fully saturated rings. The Morgan fingerprint density at radius 1 is 0.808 bits per heavy atom. The molecule has 0 radical (unpaired) electrons. The third kappa shape index (κ3) is 2.71. The van der Waals surface area contributed by atoms with Gasteiger partial charge < -0.3 is 0 Å². The lowest BCUT2D eigenvalue weighted by atomic mass is 9.99. The standard InChI is InChI=1S/C14H8F10N2/c1-26-10(8(15)9(25-26)7-5-3-2-4-6-7)11(16,17)12(18,19)13(20,21)14(22,23)24/h2-6H,1H3. The Bertz CT molecular complexity index is 792. The highest BCUT2D eigenvalue weighted by Crippen LogP contribution is 2.57. The van der Waals surface area contributed by atoms with Crippen LogP contribution >= 0.6 is 0 Å². The molecule has 1 heterocycles. The number of aryl methyl sites for hydroxylation is 1. The number of nitrogens with zero attached hydrogens (tertiary/aromatic N) is 2. The van der Waals surface area contributed by atoms with Gasteiger partial charge in [0.1, 0.15) is 5.69 Å². The Labute approximate surface area is 139 Å². The second-order valence-electron chi connectivity index (χ2n) is 5.22. The molecule has 12 heteroatoms. The van der Waals surface area contributed by atoms with Gasteiger partial charge in [-0.15, -0.1) is 0 Å². The van der Waals surface area contributed by atoms with Crippen molar-refractivity contribution in [2.45, 2.75) is 23.9 Å². The monoisotopic (exact) mass is 394 g/mol. The van der Waals surface area contributed by atoms with Crippen LogP contribution in [-0.2, 0) is 13.0 Å². The second kappa shape index (κ2) is 5.88. The van der Waals surface area contributed by atoms with Crippen LogP contribution in [0.2, 0.25) is 0 Å². The molecule has 0 N–H and O–H groups in total. The molecular formula is C14H8F10N2. The lowest BCUT2D eigenvalue weighted by molar-refractivity contribution is -0.400. The summed E-state index contributed by atoms with van der Waals surface area (Å²) < 4.78 is 131. The molecule has 0 aliphatic rings. The fourth-order valence-corrected chi connectivity index (χ4v) is 2.14. The van der Waals surface area contributed by atoms with Crippen molar-refractivity contribution in [3.05, 3.63) is 41.8 Å². The van der Waals surface area contributed by atoms with E-state index >= 15 is 0 Å². The molecule has 2 rings (SSSR count). The van der Waals surface area contributed by atoms with Crippen LogP contribution in [0.4, 0.5) is 43.9 Å². The third-order valence-electron chi connectivity index (χ3n) is 3.48. The minimum absolute atomic E-state index is 0.173. The van der Waals surface area contributed by atoms with E-state index in [-0.39, 0.29) is 10.2 Å². The maximum absolute atomic E-state index is 14.3. The van der Waals surface area contributed by atoms with E-state index < -0.39 is 41.1 Å². The number of hydrogen-bond donors (Lipinski definition) is 0. The van der Waals surface area contributed by atoms with Gasteiger partial charge in [0.15, 0.2) is 11.5 Å². The van der Waals surface area contributed by atoms with Gasteiger partial charge in [-0.2, -0.15) is 44.6 Å². The minimum Gasteiger partial charge on any atom is -0.263 e. The van der Waals surface area contributed by atoms with E-state index in [1.165, 1.54) is 18.2 Å². The number of hydrogen-bond acceptors (Lipinski definition) is 1. The molecule has 2 aromatic rings. The van der Waals surface area contributed by atoms with E-state index in [0.29, 0.717) is 7.05 Å². The number of benzene rings is 1. The summed E-state index contributed by atoms with van der Waals surface area (Å²) in [6, 6.07) is 6.37. The number of rotatable bonds is 4. The van der Waals surface area contributed by atoms with Crippen molar-refractivity contribution in [3.63, 3.8) is 0 Å². The molecular weight excluding hydrogens is 386 g/mol. The van der Waals surface area contributed by atoms with Gasteiger partial charge in [0.2, 0.25) is 0 Å². The quantitative estimate of drug-likeness (QED) is 0.656. The first-order valence-electron chi connectivity index (χ1n) is 6.64. The summed E-state index contributed by atoms with van der Waals surface area (Å²) in [7, 11) is 0.514. The molecule has 0 aliphatic carbocycles. The predicted octanol–water partition coefficient (Wildman–Crippen LogP) is 5.15. The van der Waals surface area contributed by atoms with Crippen LogP contribution in [0.15, 0.2) is 30.3 Å². The first-order valence-corrected chi connectivity index (χ1v) is 6.64. The maximum Gasteiger partial charge on any atom is 0.460 e. The molecule has 1 aromatic carbocycles. The van der Waals surface area contributed by atoms with Gasteiger partial charge in [0.25, 0.3) is 0 Å². The predicted molar refractivity (Wildman–Crippen MR) is 68.4 cm³/mol. The van der Waals surface area contributed by atoms with Crippen LogP contribution in [-0.4, -0.2) is 27.8 Å². The summed E-state index contributed by atoms with van der Waals surface area (Å²) in [4.78, 5) is 0. The van der Waals surface area contributed by atoms with Crippen molar-refractivity contribution in [2.24, 2.45) is 7.05 Å². The molecule has 0 atom stereocenters. The summed E-state index contributed by atoms with van der Waals surface area (Å²) in [6.07, 6.45) is -6.99. The zero-order chi connectivity index (χ0) is 20.1. The Kier molecular flexibility index (Phi) is 4.53. The normalized spacial score (nSPS) is 14.0. The van der Waals surface area contributed by atoms with Crippen molar-refractivity contribution in [1.82, 2.24) is 9.78 Å². The molecule has 0 spiro atoms. The van der Waals surface area contributed by atoms with E-state index in [2.05, 4.69) is 5.10 Å². The van der Waals surface area contributed by atoms with E-state index in [0.717, 1.165) is 12.1 Å². The van der Waals surface area contributed by atoms with E-state index in [4.69, 9.17) is 0 Å².